The smallest absolute Gasteiger partial charge is 0.255 e. The number of aryl methyl sites for hydroxylation is 2. The van der Waals surface area contributed by atoms with Crippen molar-refractivity contribution in [3.05, 3.63) is 101 Å². The van der Waals surface area contributed by atoms with Gasteiger partial charge in [-0.05, 0) is 47.7 Å². The van der Waals surface area contributed by atoms with Crippen LogP contribution < -0.4 is 5.32 Å². The summed E-state index contributed by atoms with van der Waals surface area (Å²) in [5.74, 6) is -0.110. The van der Waals surface area contributed by atoms with Crippen molar-refractivity contribution < 1.29 is 4.79 Å². The minimum Gasteiger partial charge on any atom is -0.322 e. The van der Waals surface area contributed by atoms with E-state index in [9.17, 15) is 4.79 Å². The number of anilines is 1. The van der Waals surface area contributed by atoms with Crippen molar-refractivity contribution in [1.82, 2.24) is 0 Å². The van der Waals surface area contributed by atoms with Gasteiger partial charge in [0.2, 0.25) is 0 Å². The fourth-order valence-electron chi connectivity index (χ4n) is 2.88. The molecule has 0 spiro atoms. The predicted molar refractivity (Wildman–Crippen MR) is 104 cm³/mol. The van der Waals surface area contributed by atoms with Crippen molar-refractivity contribution in [3.63, 3.8) is 0 Å². The van der Waals surface area contributed by atoms with E-state index in [4.69, 9.17) is 5.26 Å². The van der Waals surface area contributed by atoms with Crippen LogP contribution in [-0.4, -0.2) is 5.91 Å². The number of hydrogen-bond acceptors (Lipinski definition) is 2. The Labute approximate surface area is 153 Å². The highest BCUT2D eigenvalue weighted by Gasteiger charge is 2.11. The summed E-state index contributed by atoms with van der Waals surface area (Å²) in [6.07, 6.45) is 2.08. The molecule has 128 valence electrons. The molecule has 3 aromatic carbocycles. The zero-order chi connectivity index (χ0) is 18.2. The van der Waals surface area contributed by atoms with Gasteiger partial charge in [-0.2, -0.15) is 5.26 Å². The van der Waals surface area contributed by atoms with Crippen LogP contribution in [0.15, 0.2) is 78.9 Å². The van der Waals surface area contributed by atoms with Crippen LogP contribution >= 0.6 is 0 Å². The number of rotatable bonds is 6. The molecule has 3 rings (SSSR count). The second kappa shape index (κ2) is 8.64. The highest BCUT2D eigenvalue weighted by Crippen LogP contribution is 2.16. The molecule has 0 atom stereocenters. The van der Waals surface area contributed by atoms with E-state index < -0.39 is 0 Å². The SMILES string of the molecule is N#CCc1ccc(NC(=O)c2ccccc2CCc2ccccc2)cc1. The summed E-state index contributed by atoms with van der Waals surface area (Å²) in [6.45, 7) is 0. The largest absolute Gasteiger partial charge is 0.322 e. The van der Waals surface area contributed by atoms with Crippen LogP contribution in [0.4, 0.5) is 5.69 Å². The van der Waals surface area contributed by atoms with Gasteiger partial charge in [0.05, 0.1) is 12.5 Å². The third-order valence-corrected chi connectivity index (χ3v) is 4.28. The molecule has 0 saturated carbocycles. The highest BCUT2D eigenvalue weighted by molar-refractivity contribution is 6.05. The molecule has 3 heteroatoms. The van der Waals surface area contributed by atoms with E-state index >= 15 is 0 Å². The third-order valence-electron chi connectivity index (χ3n) is 4.28. The summed E-state index contributed by atoms with van der Waals surface area (Å²) in [7, 11) is 0. The van der Waals surface area contributed by atoms with Crippen LogP contribution in [-0.2, 0) is 19.3 Å². The first kappa shape index (κ1) is 17.4. The van der Waals surface area contributed by atoms with E-state index in [-0.39, 0.29) is 5.91 Å². The van der Waals surface area contributed by atoms with Gasteiger partial charge >= 0.3 is 0 Å². The minimum absolute atomic E-state index is 0.110. The Balaban J connectivity index is 1.70. The zero-order valence-electron chi connectivity index (χ0n) is 14.5. The molecule has 0 saturated heterocycles. The lowest BCUT2D eigenvalue weighted by Crippen LogP contribution is -2.14. The normalized spacial score (nSPS) is 10.1. The van der Waals surface area contributed by atoms with E-state index in [0.717, 1.165) is 29.7 Å². The van der Waals surface area contributed by atoms with Crippen LogP contribution in [0.5, 0.6) is 0 Å². The summed E-state index contributed by atoms with van der Waals surface area (Å²) < 4.78 is 0. The molecule has 0 heterocycles. The molecular weight excluding hydrogens is 320 g/mol. The Kier molecular flexibility index (Phi) is 5.80. The van der Waals surface area contributed by atoms with E-state index in [1.807, 2.05) is 66.7 Å². The van der Waals surface area contributed by atoms with Crippen molar-refractivity contribution >= 4 is 11.6 Å². The molecule has 0 aromatic heterocycles. The van der Waals surface area contributed by atoms with Crippen molar-refractivity contribution in [3.8, 4) is 6.07 Å². The van der Waals surface area contributed by atoms with Gasteiger partial charge in [-0.15, -0.1) is 0 Å². The van der Waals surface area contributed by atoms with Crippen molar-refractivity contribution in [2.45, 2.75) is 19.3 Å². The molecular formula is C23H20N2O. The zero-order valence-corrected chi connectivity index (χ0v) is 14.5. The van der Waals surface area contributed by atoms with E-state index in [2.05, 4.69) is 23.5 Å². The lowest BCUT2D eigenvalue weighted by Gasteiger charge is -2.11. The maximum absolute atomic E-state index is 12.7. The Morgan fingerprint density at radius 1 is 0.808 bits per heavy atom. The average molecular weight is 340 g/mol. The number of carbonyl (C=O) groups excluding carboxylic acids is 1. The molecule has 1 N–H and O–H groups in total. The number of nitrogens with zero attached hydrogens (tertiary/aromatic N) is 1. The standard InChI is InChI=1S/C23H20N2O/c24-17-16-19-11-14-21(15-12-19)25-23(26)22-9-5-4-8-20(22)13-10-18-6-2-1-3-7-18/h1-9,11-12,14-15H,10,13,16H2,(H,25,26). The Bertz CT molecular complexity index is 909. The average Bonchev–Trinajstić information content (AvgIpc) is 2.69. The monoisotopic (exact) mass is 340 g/mol. The summed E-state index contributed by atoms with van der Waals surface area (Å²) in [6, 6.07) is 27.5. The van der Waals surface area contributed by atoms with Crippen LogP contribution in [0, 0.1) is 11.3 Å². The molecule has 0 fully saturated rings. The highest BCUT2D eigenvalue weighted by atomic mass is 16.1. The van der Waals surface area contributed by atoms with E-state index in [1.165, 1.54) is 5.56 Å². The first-order valence-electron chi connectivity index (χ1n) is 8.65. The fraction of sp³-hybridized carbons (Fsp3) is 0.130. The molecule has 0 aliphatic carbocycles. The van der Waals surface area contributed by atoms with Crippen LogP contribution in [0.1, 0.15) is 27.0 Å². The Morgan fingerprint density at radius 3 is 2.23 bits per heavy atom. The van der Waals surface area contributed by atoms with Crippen molar-refractivity contribution in [1.29, 1.82) is 5.26 Å². The summed E-state index contributed by atoms with van der Waals surface area (Å²) in [5, 5.41) is 11.7. The van der Waals surface area contributed by atoms with Gasteiger partial charge in [0.25, 0.3) is 5.91 Å². The van der Waals surface area contributed by atoms with Crippen molar-refractivity contribution in [2.75, 3.05) is 5.32 Å². The maximum Gasteiger partial charge on any atom is 0.255 e. The van der Waals surface area contributed by atoms with Crippen molar-refractivity contribution in [2.24, 2.45) is 0 Å². The Hall–Kier alpha value is -3.38. The molecule has 0 aliphatic heterocycles. The van der Waals surface area contributed by atoms with Gasteiger partial charge in [-0.3, -0.25) is 4.79 Å². The molecule has 0 bridgehead atoms. The predicted octanol–water partition coefficient (Wildman–Crippen LogP) is 4.79. The molecule has 0 aliphatic rings. The van der Waals surface area contributed by atoms with Gasteiger partial charge in [0.1, 0.15) is 0 Å². The van der Waals surface area contributed by atoms with E-state index in [1.54, 1.807) is 0 Å². The number of nitriles is 1. The van der Waals surface area contributed by atoms with Crippen LogP contribution in [0.2, 0.25) is 0 Å². The second-order valence-corrected chi connectivity index (χ2v) is 6.13. The number of benzene rings is 3. The molecule has 0 radical (unpaired) electrons. The molecule has 3 nitrogen and oxygen atoms in total. The summed E-state index contributed by atoms with van der Waals surface area (Å²) in [4.78, 5) is 12.7. The maximum atomic E-state index is 12.7. The van der Waals surface area contributed by atoms with E-state index in [0.29, 0.717) is 12.0 Å². The lowest BCUT2D eigenvalue weighted by atomic mass is 9.99. The van der Waals surface area contributed by atoms with Crippen LogP contribution in [0.3, 0.4) is 0 Å². The third kappa shape index (κ3) is 4.58. The number of amides is 1. The second-order valence-electron chi connectivity index (χ2n) is 6.13. The molecule has 0 unspecified atom stereocenters. The van der Waals surface area contributed by atoms with Gasteiger partial charge in [0, 0.05) is 11.3 Å². The molecule has 1 amide bonds. The van der Waals surface area contributed by atoms with Crippen LogP contribution in [0.25, 0.3) is 0 Å². The number of carbonyl (C=O) groups is 1. The number of hydrogen-bond donors (Lipinski definition) is 1. The topological polar surface area (TPSA) is 52.9 Å². The lowest BCUT2D eigenvalue weighted by molar-refractivity contribution is 0.102. The first-order valence-corrected chi connectivity index (χ1v) is 8.65. The van der Waals surface area contributed by atoms with Gasteiger partial charge in [0.15, 0.2) is 0 Å². The fourth-order valence-corrected chi connectivity index (χ4v) is 2.88. The van der Waals surface area contributed by atoms with Gasteiger partial charge in [-0.1, -0.05) is 60.7 Å². The Morgan fingerprint density at radius 2 is 1.50 bits per heavy atom. The minimum atomic E-state index is -0.110. The first-order chi connectivity index (χ1) is 12.8. The van der Waals surface area contributed by atoms with Gasteiger partial charge < -0.3 is 5.32 Å². The van der Waals surface area contributed by atoms with Gasteiger partial charge in [-0.25, -0.2) is 0 Å². The molecule has 26 heavy (non-hydrogen) atoms. The quantitative estimate of drug-likeness (QED) is 0.701. The summed E-state index contributed by atoms with van der Waals surface area (Å²) in [5.41, 5.74) is 4.67. The number of nitrogens with one attached hydrogen (secondary N) is 1. The summed E-state index contributed by atoms with van der Waals surface area (Å²) >= 11 is 0. The molecule has 3 aromatic rings.